The van der Waals surface area contributed by atoms with E-state index in [-0.39, 0.29) is 29.5 Å². The number of amides is 1. The monoisotopic (exact) mass is 472 g/mol. The lowest BCUT2D eigenvalue weighted by atomic mass is 10.0. The minimum absolute atomic E-state index is 0.00557. The van der Waals surface area contributed by atoms with Gasteiger partial charge in [-0.3, -0.25) is 33.9 Å². The van der Waals surface area contributed by atoms with Crippen LogP contribution in [0.3, 0.4) is 0 Å². The van der Waals surface area contributed by atoms with E-state index in [9.17, 15) is 19.2 Å². The van der Waals surface area contributed by atoms with Gasteiger partial charge in [-0.25, -0.2) is 9.78 Å². The number of ketones is 1. The van der Waals surface area contributed by atoms with Gasteiger partial charge in [0.2, 0.25) is 5.91 Å². The second-order valence-corrected chi connectivity index (χ2v) is 8.87. The van der Waals surface area contributed by atoms with Crippen LogP contribution < -0.4 is 11.2 Å². The predicted octanol–water partition coefficient (Wildman–Crippen LogP) is 2.01. The second-order valence-electron chi connectivity index (χ2n) is 8.87. The first-order valence-electron chi connectivity index (χ1n) is 11.5. The van der Waals surface area contributed by atoms with Crippen LogP contribution in [-0.4, -0.2) is 54.2 Å². The molecule has 0 spiro atoms. The van der Waals surface area contributed by atoms with Gasteiger partial charge in [-0.1, -0.05) is 0 Å². The molecule has 0 saturated carbocycles. The number of hydrogen-bond donors (Lipinski definition) is 1. The van der Waals surface area contributed by atoms with E-state index in [1.54, 1.807) is 27.8 Å². The molecule has 5 heterocycles. The molecule has 0 bridgehead atoms. The molecule has 178 valence electrons. The molecule has 0 aromatic carbocycles. The third kappa shape index (κ3) is 4.23. The van der Waals surface area contributed by atoms with Gasteiger partial charge in [0.15, 0.2) is 0 Å². The summed E-state index contributed by atoms with van der Waals surface area (Å²) in [6.45, 7) is 4.12. The van der Waals surface area contributed by atoms with Gasteiger partial charge in [0.05, 0.1) is 22.1 Å². The van der Waals surface area contributed by atoms with Crippen molar-refractivity contribution in [1.29, 1.82) is 0 Å². The molecule has 0 aliphatic carbocycles. The molecule has 1 amide bonds. The largest absolute Gasteiger partial charge is 0.343 e. The van der Waals surface area contributed by atoms with E-state index in [1.807, 2.05) is 12.1 Å². The maximum atomic E-state index is 13.0. The van der Waals surface area contributed by atoms with Crippen molar-refractivity contribution >= 4 is 33.6 Å². The van der Waals surface area contributed by atoms with Crippen molar-refractivity contribution in [3.8, 4) is 11.3 Å². The molecule has 35 heavy (non-hydrogen) atoms. The topological polar surface area (TPSA) is 131 Å². The number of piperidine rings is 1. The van der Waals surface area contributed by atoms with E-state index >= 15 is 0 Å². The Labute approximate surface area is 199 Å². The minimum atomic E-state index is -0.515. The van der Waals surface area contributed by atoms with Crippen molar-refractivity contribution in [2.24, 2.45) is 0 Å². The zero-order valence-electron chi connectivity index (χ0n) is 19.4. The van der Waals surface area contributed by atoms with Crippen molar-refractivity contribution in [2.45, 2.75) is 39.2 Å². The number of H-pyrrole nitrogens is 1. The molecule has 0 unspecified atom stereocenters. The highest BCUT2D eigenvalue weighted by Gasteiger charge is 2.26. The van der Waals surface area contributed by atoms with Crippen LogP contribution in [0.25, 0.3) is 33.2 Å². The van der Waals surface area contributed by atoms with Crippen molar-refractivity contribution < 1.29 is 9.59 Å². The fourth-order valence-corrected chi connectivity index (χ4v) is 4.67. The Morgan fingerprint density at radius 1 is 1.03 bits per heavy atom. The molecule has 1 saturated heterocycles. The Balaban J connectivity index is 1.66. The second kappa shape index (κ2) is 8.86. The molecule has 10 nitrogen and oxygen atoms in total. The van der Waals surface area contributed by atoms with Crippen molar-refractivity contribution in [2.75, 3.05) is 13.1 Å². The summed E-state index contributed by atoms with van der Waals surface area (Å²) in [5, 5.41) is 0.283. The molecular formula is C25H24N6O4. The van der Waals surface area contributed by atoms with Crippen LogP contribution in [0.1, 0.15) is 38.4 Å². The Morgan fingerprint density at radius 3 is 2.46 bits per heavy atom. The van der Waals surface area contributed by atoms with Crippen LogP contribution in [0.15, 0.2) is 46.2 Å². The van der Waals surface area contributed by atoms with Crippen LogP contribution in [0.5, 0.6) is 0 Å². The maximum Gasteiger partial charge on any atom is 0.329 e. The highest BCUT2D eigenvalue weighted by Crippen LogP contribution is 2.28. The lowest BCUT2D eigenvalue weighted by Gasteiger charge is -2.32. The molecule has 1 N–H and O–H groups in total. The number of rotatable bonds is 4. The number of aromatic nitrogens is 5. The van der Waals surface area contributed by atoms with Gasteiger partial charge < -0.3 is 4.90 Å². The van der Waals surface area contributed by atoms with E-state index in [0.717, 1.165) is 5.56 Å². The van der Waals surface area contributed by atoms with Gasteiger partial charge in [-0.2, -0.15) is 0 Å². The molecule has 1 fully saturated rings. The predicted molar refractivity (Wildman–Crippen MR) is 130 cm³/mol. The number of nitrogens with zero attached hydrogens (tertiary/aromatic N) is 5. The Morgan fingerprint density at radius 2 is 1.80 bits per heavy atom. The van der Waals surface area contributed by atoms with Crippen molar-refractivity contribution in [3.05, 3.63) is 63.2 Å². The quantitative estimate of drug-likeness (QED) is 0.450. The van der Waals surface area contributed by atoms with Crippen LogP contribution in [-0.2, 0) is 16.0 Å². The Kier molecular flexibility index (Phi) is 5.72. The highest BCUT2D eigenvalue weighted by atomic mass is 16.2. The summed E-state index contributed by atoms with van der Waals surface area (Å²) in [5.41, 5.74) is 2.45. The average Bonchev–Trinajstić information content (AvgIpc) is 2.84. The third-order valence-electron chi connectivity index (χ3n) is 6.44. The van der Waals surface area contributed by atoms with Gasteiger partial charge in [-0.05, 0) is 44.0 Å². The summed E-state index contributed by atoms with van der Waals surface area (Å²) < 4.78 is 1.60. The average molecular weight is 473 g/mol. The summed E-state index contributed by atoms with van der Waals surface area (Å²) >= 11 is 0. The number of aromatic amines is 1. The van der Waals surface area contributed by atoms with E-state index in [1.165, 1.54) is 20.0 Å². The van der Waals surface area contributed by atoms with Gasteiger partial charge in [0.1, 0.15) is 11.3 Å². The summed E-state index contributed by atoms with van der Waals surface area (Å²) in [6.07, 6.45) is 4.56. The molecule has 5 rings (SSSR count). The van der Waals surface area contributed by atoms with Crippen molar-refractivity contribution in [1.82, 2.24) is 29.4 Å². The lowest BCUT2D eigenvalue weighted by Crippen LogP contribution is -2.41. The van der Waals surface area contributed by atoms with Gasteiger partial charge >= 0.3 is 5.69 Å². The number of nitrogens with one attached hydrogen (secondary N) is 1. The van der Waals surface area contributed by atoms with E-state index in [0.29, 0.717) is 53.9 Å². The smallest absolute Gasteiger partial charge is 0.329 e. The first-order chi connectivity index (χ1) is 16.8. The normalized spacial score (nSPS) is 14.5. The van der Waals surface area contributed by atoms with Crippen LogP contribution in [0, 0.1) is 0 Å². The zero-order chi connectivity index (χ0) is 24.7. The van der Waals surface area contributed by atoms with Gasteiger partial charge in [-0.15, -0.1) is 0 Å². The van der Waals surface area contributed by atoms with Gasteiger partial charge in [0, 0.05) is 56.1 Å². The van der Waals surface area contributed by atoms with Crippen LogP contribution in [0.2, 0.25) is 0 Å². The Hall–Kier alpha value is -4.21. The fraction of sp³-hybridized carbons (Fsp3) is 0.320. The molecule has 0 radical (unpaired) electrons. The van der Waals surface area contributed by atoms with E-state index in [4.69, 9.17) is 4.98 Å². The number of Topliss-reactive ketones (excluding diaryl/α,β-unsaturated/α-hetero) is 1. The molecule has 10 heteroatoms. The molecule has 1 aliphatic heterocycles. The fourth-order valence-electron chi connectivity index (χ4n) is 4.67. The number of likely N-dealkylation sites (tertiary alicyclic amines) is 1. The Bertz CT molecular complexity index is 1580. The molecular weight excluding hydrogens is 448 g/mol. The highest BCUT2D eigenvalue weighted by molar-refractivity contribution is 6.01. The first kappa shape index (κ1) is 22.6. The summed E-state index contributed by atoms with van der Waals surface area (Å²) in [7, 11) is 0. The summed E-state index contributed by atoms with van der Waals surface area (Å²) in [6, 6.07) is 7.04. The third-order valence-corrected chi connectivity index (χ3v) is 6.44. The minimum Gasteiger partial charge on any atom is -0.343 e. The van der Waals surface area contributed by atoms with Crippen molar-refractivity contribution in [3.63, 3.8) is 0 Å². The molecule has 0 atom stereocenters. The molecule has 4 aromatic heterocycles. The molecule has 1 aliphatic rings. The number of fused-ring (bicyclic) bond motifs is 3. The first-order valence-corrected chi connectivity index (χ1v) is 11.5. The summed E-state index contributed by atoms with van der Waals surface area (Å²) in [5.74, 6) is 0.0370. The van der Waals surface area contributed by atoms with E-state index in [2.05, 4.69) is 15.0 Å². The molecule has 4 aromatic rings. The number of hydrogen-bond acceptors (Lipinski definition) is 7. The van der Waals surface area contributed by atoms with Crippen LogP contribution in [0.4, 0.5) is 0 Å². The lowest BCUT2D eigenvalue weighted by molar-refractivity contribution is -0.130. The standard InChI is InChI=1S/C25H24N6O4/c1-14(32)11-17-4-3-16(12-26-17)20-5-6-21-22(28-20)23-19(13-27-21)24(34)29-25(35)31(23)18-7-9-30(10-8-18)15(2)33/h3-6,12-13,18H,7-11H2,1-2H3,(H,29,34,35). The number of carbonyl (C=O) groups is 2. The SMILES string of the molecule is CC(=O)Cc1ccc(-c2ccc3ncc4c(=O)[nH]c(=O)n(C5CCN(C(C)=O)CC5)c4c3n2)cn1. The number of carbonyl (C=O) groups excluding carboxylic acids is 2. The van der Waals surface area contributed by atoms with E-state index < -0.39 is 11.2 Å². The maximum absolute atomic E-state index is 13.0. The summed E-state index contributed by atoms with van der Waals surface area (Å²) in [4.78, 5) is 66.6. The van der Waals surface area contributed by atoms with Gasteiger partial charge in [0.25, 0.3) is 5.56 Å². The zero-order valence-corrected chi connectivity index (χ0v) is 19.4. The van der Waals surface area contributed by atoms with Crippen LogP contribution >= 0.6 is 0 Å². The number of pyridine rings is 3.